The molecule has 1 aliphatic rings. The molecule has 0 unspecified atom stereocenters. The third-order valence-electron chi connectivity index (χ3n) is 4.30. The van der Waals surface area contributed by atoms with Gasteiger partial charge in [-0.3, -0.25) is 4.68 Å². The second kappa shape index (κ2) is 6.00. The number of hydrogen-bond donors (Lipinski definition) is 0. The zero-order chi connectivity index (χ0) is 17.7. The highest BCUT2D eigenvalue weighted by Gasteiger charge is 2.29. The molecule has 0 saturated heterocycles. The highest BCUT2D eigenvalue weighted by molar-refractivity contribution is 6.35. The minimum atomic E-state index is -0.477. The maximum absolute atomic E-state index is 12.8. The standard InChI is InChI=1S/C18H15Cl2N3O2/c1-9-16-12(18(24)25-15-6-5-11(19)7-13(15)20)8-14(10-3-4-10)21-17(16)23(2)22-9/h5-8,10H,3-4H2,1-2H3. The Hall–Kier alpha value is -2.11. The summed E-state index contributed by atoms with van der Waals surface area (Å²) in [7, 11) is 1.82. The van der Waals surface area contributed by atoms with Gasteiger partial charge in [-0.1, -0.05) is 23.2 Å². The predicted molar refractivity (Wildman–Crippen MR) is 96.6 cm³/mol. The lowest BCUT2D eigenvalue weighted by Gasteiger charge is -2.09. The Morgan fingerprint density at radius 3 is 2.72 bits per heavy atom. The molecule has 1 saturated carbocycles. The van der Waals surface area contributed by atoms with Crippen molar-refractivity contribution in [2.45, 2.75) is 25.7 Å². The van der Waals surface area contributed by atoms with E-state index in [-0.39, 0.29) is 10.8 Å². The van der Waals surface area contributed by atoms with Gasteiger partial charge >= 0.3 is 5.97 Å². The Morgan fingerprint density at radius 2 is 2.04 bits per heavy atom. The number of hydrogen-bond acceptors (Lipinski definition) is 4. The first kappa shape index (κ1) is 16.4. The number of aryl methyl sites for hydroxylation is 2. The van der Waals surface area contributed by atoms with Crippen LogP contribution in [0.3, 0.4) is 0 Å². The number of rotatable bonds is 3. The molecule has 3 aromatic rings. The van der Waals surface area contributed by atoms with Gasteiger partial charge in [0, 0.05) is 23.7 Å². The number of nitrogens with zero attached hydrogens (tertiary/aromatic N) is 3. The molecule has 1 fully saturated rings. The predicted octanol–water partition coefficient (Wildman–Crippen LogP) is 4.68. The topological polar surface area (TPSA) is 57.0 Å². The maximum atomic E-state index is 12.8. The minimum Gasteiger partial charge on any atom is -0.421 e. The summed E-state index contributed by atoms with van der Waals surface area (Å²) in [4.78, 5) is 17.5. The van der Waals surface area contributed by atoms with Gasteiger partial charge in [0.05, 0.1) is 21.7 Å². The molecule has 0 radical (unpaired) electrons. The van der Waals surface area contributed by atoms with E-state index in [4.69, 9.17) is 27.9 Å². The maximum Gasteiger partial charge on any atom is 0.344 e. The van der Waals surface area contributed by atoms with Crippen LogP contribution in [0.4, 0.5) is 0 Å². The molecule has 128 valence electrons. The highest BCUT2D eigenvalue weighted by atomic mass is 35.5. The first-order chi connectivity index (χ1) is 11.9. The van der Waals surface area contributed by atoms with Gasteiger partial charge in [-0.2, -0.15) is 5.10 Å². The van der Waals surface area contributed by atoms with Crippen LogP contribution < -0.4 is 4.74 Å². The van der Waals surface area contributed by atoms with Crippen molar-refractivity contribution in [3.05, 3.63) is 51.3 Å². The largest absolute Gasteiger partial charge is 0.421 e. The van der Waals surface area contributed by atoms with Gasteiger partial charge in [-0.25, -0.2) is 9.78 Å². The lowest BCUT2D eigenvalue weighted by atomic mass is 10.1. The van der Waals surface area contributed by atoms with Gasteiger partial charge in [0.25, 0.3) is 0 Å². The number of pyridine rings is 1. The monoisotopic (exact) mass is 375 g/mol. The molecule has 2 heterocycles. The van der Waals surface area contributed by atoms with E-state index in [2.05, 4.69) is 10.1 Å². The smallest absolute Gasteiger partial charge is 0.344 e. The summed E-state index contributed by atoms with van der Waals surface area (Å²) in [6.07, 6.45) is 2.18. The second-order valence-corrected chi connectivity index (χ2v) is 7.08. The lowest BCUT2D eigenvalue weighted by molar-refractivity contribution is 0.0736. The van der Waals surface area contributed by atoms with Crippen molar-refractivity contribution in [2.75, 3.05) is 0 Å². The number of carbonyl (C=O) groups is 1. The van der Waals surface area contributed by atoms with E-state index in [0.717, 1.165) is 24.2 Å². The van der Waals surface area contributed by atoms with Gasteiger partial charge in [0.15, 0.2) is 5.65 Å². The average Bonchev–Trinajstić information content (AvgIpc) is 3.37. The number of esters is 1. The van der Waals surface area contributed by atoms with Crippen LogP contribution in [0.1, 0.15) is 40.5 Å². The van der Waals surface area contributed by atoms with Crippen LogP contribution >= 0.6 is 23.2 Å². The van der Waals surface area contributed by atoms with E-state index in [1.54, 1.807) is 22.9 Å². The van der Waals surface area contributed by atoms with Crippen LogP contribution in [-0.2, 0) is 7.05 Å². The van der Waals surface area contributed by atoms with Gasteiger partial charge in [-0.05, 0) is 44.0 Å². The third-order valence-corrected chi connectivity index (χ3v) is 4.83. The van der Waals surface area contributed by atoms with E-state index in [1.165, 1.54) is 0 Å². The molecule has 1 aliphatic carbocycles. The fourth-order valence-corrected chi connectivity index (χ4v) is 3.37. The van der Waals surface area contributed by atoms with Crippen LogP contribution in [0.15, 0.2) is 24.3 Å². The van der Waals surface area contributed by atoms with Crippen LogP contribution in [0.25, 0.3) is 11.0 Å². The average molecular weight is 376 g/mol. The number of fused-ring (bicyclic) bond motifs is 1. The molecule has 0 bridgehead atoms. The summed E-state index contributed by atoms with van der Waals surface area (Å²) in [5.74, 6) is 0.204. The molecule has 7 heteroatoms. The van der Waals surface area contributed by atoms with Crippen molar-refractivity contribution in [1.29, 1.82) is 0 Å². The van der Waals surface area contributed by atoms with E-state index >= 15 is 0 Å². The van der Waals surface area contributed by atoms with Crippen molar-refractivity contribution in [2.24, 2.45) is 7.05 Å². The van der Waals surface area contributed by atoms with Crippen molar-refractivity contribution in [1.82, 2.24) is 14.8 Å². The normalized spacial score (nSPS) is 14.1. The van der Waals surface area contributed by atoms with Gasteiger partial charge < -0.3 is 4.74 Å². The van der Waals surface area contributed by atoms with Crippen molar-refractivity contribution in [3.8, 4) is 5.75 Å². The van der Waals surface area contributed by atoms with Crippen molar-refractivity contribution < 1.29 is 9.53 Å². The number of carbonyl (C=O) groups excluding carboxylic acids is 1. The molecule has 0 N–H and O–H groups in total. The Labute approximate surface area is 154 Å². The van der Waals surface area contributed by atoms with Gasteiger partial charge in [0.2, 0.25) is 0 Å². The Balaban J connectivity index is 1.80. The minimum absolute atomic E-state index is 0.274. The Morgan fingerprint density at radius 1 is 1.28 bits per heavy atom. The number of halogens is 2. The van der Waals surface area contributed by atoms with Crippen molar-refractivity contribution in [3.63, 3.8) is 0 Å². The summed E-state index contributed by atoms with van der Waals surface area (Å²) in [6.45, 7) is 1.85. The number of benzene rings is 1. The van der Waals surface area contributed by atoms with E-state index in [9.17, 15) is 4.79 Å². The fourth-order valence-electron chi connectivity index (χ4n) is 2.93. The fraction of sp³-hybridized carbons (Fsp3) is 0.278. The van der Waals surface area contributed by atoms with E-state index in [0.29, 0.717) is 27.5 Å². The van der Waals surface area contributed by atoms with Crippen LogP contribution in [0, 0.1) is 6.92 Å². The molecule has 2 aromatic heterocycles. The van der Waals surface area contributed by atoms with Gasteiger partial charge in [0.1, 0.15) is 5.75 Å². The lowest BCUT2D eigenvalue weighted by Crippen LogP contribution is -2.11. The second-order valence-electron chi connectivity index (χ2n) is 6.24. The summed E-state index contributed by atoms with van der Waals surface area (Å²) < 4.78 is 7.22. The highest BCUT2D eigenvalue weighted by Crippen LogP contribution is 2.40. The molecule has 0 amide bonds. The van der Waals surface area contributed by atoms with Crippen LogP contribution in [0.5, 0.6) is 5.75 Å². The van der Waals surface area contributed by atoms with Crippen LogP contribution in [0.2, 0.25) is 10.0 Å². The first-order valence-electron chi connectivity index (χ1n) is 7.95. The molecule has 0 atom stereocenters. The SMILES string of the molecule is Cc1nn(C)c2nc(C3CC3)cc(C(=O)Oc3ccc(Cl)cc3Cl)c12. The Bertz CT molecular complexity index is 1010. The number of ether oxygens (including phenoxy) is 1. The van der Waals surface area contributed by atoms with Crippen molar-refractivity contribution >= 4 is 40.2 Å². The first-order valence-corrected chi connectivity index (χ1v) is 8.71. The molecular formula is C18H15Cl2N3O2. The molecule has 1 aromatic carbocycles. The molecule has 4 rings (SSSR count). The van der Waals surface area contributed by atoms with Crippen LogP contribution in [-0.4, -0.2) is 20.7 Å². The van der Waals surface area contributed by atoms with E-state index in [1.807, 2.05) is 20.0 Å². The molecule has 25 heavy (non-hydrogen) atoms. The quantitative estimate of drug-likeness (QED) is 0.492. The summed E-state index contributed by atoms with van der Waals surface area (Å²) >= 11 is 12.0. The summed E-state index contributed by atoms with van der Waals surface area (Å²) in [6, 6.07) is 6.57. The zero-order valence-corrected chi connectivity index (χ0v) is 15.2. The third kappa shape index (κ3) is 2.98. The number of aromatic nitrogens is 3. The Kier molecular flexibility index (Phi) is 3.93. The zero-order valence-electron chi connectivity index (χ0n) is 13.7. The molecular weight excluding hydrogens is 361 g/mol. The molecule has 0 spiro atoms. The molecule has 5 nitrogen and oxygen atoms in total. The van der Waals surface area contributed by atoms with E-state index < -0.39 is 5.97 Å². The molecule has 0 aliphatic heterocycles. The summed E-state index contributed by atoms with van der Waals surface area (Å²) in [5.41, 5.74) is 2.80. The van der Waals surface area contributed by atoms with Gasteiger partial charge in [-0.15, -0.1) is 0 Å². The summed E-state index contributed by atoms with van der Waals surface area (Å²) in [5, 5.41) is 5.87.